The summed E-state index contributed by atoms with van der Waals surface area (Å²) < 4.78 is 27.9. The molecule has 0 spiro atoms. The summed E-state index contributed by atoms with van der Waals surface area (Å²) in [5.74, 6) is -1.74. The van der Waals surface area contributed by atoms with Crippen LogP contribution in [0.15, 0.2) is 42.7 Å². The molecule has 0 aliphatic rings. The van der Waals surface area contributed by atoms with E-state index < -0.39 is 11.6 Å². The molecule has 3 aromatic rings. The topological polar surface area (TPSA) is 43.3 Å². The highest BCUT2D eigenvalue weighted by Crippen LogP contribution is 2.21. The van der Waals surface area contributed by atoms with Gasteiger partial charge in [-0.2, -0.15) is 0 Å². The maximum Gasteiger partial charge on any atom is 0.159 e. The quantitative estimate of drug-likeness (QED) is 0.769. The first-order valence-corrected chi connectivity index (χ1v) is 5.80. The van der Waals surface area contributed by atoms with Crippen molar-refractivity contribution in [3.63, 3.8) is 0 Å². The first-order valence-electron chi connectivity index (χ1n) is 5.80. The maximum atomic E-state index is 13.2. The molecule has 2 heterocycles. The van der Waals surface area contributed by atoms with Crippen molar-refractivity contribution in [2.24, 2.45) is 5.73 Å². The smallest absolute Gasteiger partial charge is 0.159 e. The van der Waals surface area contributed by atoms with Gasteiger partial charge in [0, 0.05) is 24.5 Å². The monoisotopic (exact) mass is 259 g/mol. The van der Waals surface area contributed by atoms with Crippen molar-refractivity contribution in [2.45, 2.75) is 6.54 Å². The van der Waals surface area contributed by atoms with Crippen molar-refractivity contribution in [2.75, 3.05) is 0 Å². The second-order valence-corrected chi connectivity index (χ2v) is 4.26. The van der Waals surface area contributed by atoms with Crippen molar-refractivity contribution in [3.8, 4) is 11.3 Å². The van der Waals surface area contributed by atoms with Crippen LogP contribution >= 0.6 is 0 Å². The third kappa shape index (κ3) is 2.08. The van der Waals surface area contributed by atoms with E-state index in [4.69, 9.17) is 5.73 Å². The zero-order valence-electron chi connectivity index (χ0n) is 9.98. The molecule has 1 aromatic carbocycles. The summed E-state index contributed by atoms with van der Waals surface area (Å²) in [5.41, 5.74) is 8.41. The van der Waals surface area contributed by atoms with Crippen LogP contribution in [0.25, 0.3) is 16.9 Å². The fourth-order valence-corrected chi connectivity index (χ4v) is 1.95. The summed E-state index contributed by atoms with van der Waals surface area (Å²) in [6.07, 6.45) is 3.63. The fourth-order valence-electron chi connectivity index (χ4n) is 1.95. The van der Waals surface area contributed by atoms with Crippen LogP contribution in [0.5, 0.6) is 0 Å². The molecule has 0 unspecified atom stereocenters. The summed E-state index contributed by atoms with van der Waals surface area (Å²) in [5, 5.41) is 0. The van der Waals surface area contributed by atoms with Gasteiger partial charge in [-0.05, 0) is 29.8 Å². The van der Waals surface area contributed by atoms with E-state index in [0.717, 1.165) is 23.3 Å². The zero-order valence-corrected chi connectivity index (χ0v) is 9.98. The first kappa shape index (κ1) is 11.8. The molecule has 0 amide bonds. The summed E-state index contributed by atoms with van der Waals surface area (Å²) in [6, 6.07) is 7.47. The van der Waals surface area contributed by atoms with Gasteiger partial charge in [0.25, 0.3) is 0 Å². The highest BCUT2D eigenvalue weighted by molar-refractivity contribution is 5.62. The summed E-state index contributed by atoms with van der Waals surface area (Å²) >= 11 is 0. The SMILES string of the molecule is NCc1ccc2nc(-c3ccc(F)c(F)c3)cn2c1. The molecule has 3 rings (SSSR count). The molecule has 0 radical (unpaired) electrons. The molecule has 0 saturated carbocycles. The first-order chi connectivity index (χ1) is 9.17. The summed E-state index contributed by atoms with van der Waals surface area (Å²) in [4.78, 5) is 4.36. The third-order valence-electron chi connectivity index (χ3n) is 2.96. The Labute approximate surface area is 108 Å². The van der Waals surface area contributed by atoms with Gasteiger partial charge in [0.2, 0.25) is 0 Å². The lowest BCUT2D eigenvalue weighted by Crippen LogP contribution is -1.97. The standard InChI is InChI=1S/C14H11F2N3/c15-11-3-2-10(5-12(11)16)13-8-19-7-9(6-17)1-4-14(19)18-13/h1-5,7-8H,6,17H2. The average Bonchev–Trinajstić information content (AvgIpc) is 2.84. The number of benzene rings is 1. The van der Waals surface area contributed by atoms with Crippen molar-refractivity contribution in [1.82, 2.24) is 9.38 Å². The normalized spacial score (nSPS) is 11.1. The Morgan fingerprint density at radius 2 is 1.89 bits per heavy atom. The van der Waals surface area contributed by atoms with Crippen LogP contribution in [-0.4, -0.2) is 9.38 Å². The van der Waals surface area contributed by atoms with E-state index >= 15 is 0 Å². The van der Waals surface area contributed by atoms with Gasteiger partial charge in [-0.15, -0.1) is 0 Å². The van der Waals surface area contributed by atoms with E-state index in [-0.39, 0.29) is 0 Å². The molecule has 96 valence electrons. The number of fused-ring (bicyclic) bond motifs is 1. The van der Waals surface area contributed by atoms with Crippen LogP contribution in [0.4, 0.5) is 8.78 Å². The Morgan fingerprint density at radius 1 is 1.05 bits per heavy atom. The minimum absolute atomic E-state index is 0.439. The lowest BCUT2D eigenvalue weighted by molar-refractivity contribution is 0.509. The van der Waals surface area contributed by atoms with E-state index in [1.807, 2.05) is 22.7 Å². The summed E-state index contributed by atoms with van der Waals surface area (Å²) in [7, 11) is 0. The van der Waals surface area contributed by atoms with Gasteiger partial charge in [0.1, 0.15) is 5.65 Å². The Balaban J connectivity index is 2.11. The molecular formula is C14H11F2N3. The largest absolute Gasteiger partial charge is 0.326 e. The van der Waals surface area contributed by atoms with Crippen LogP contribution in [0.3, 0.4) is 0 Å². The molecule has 0 fully saturated rings. The number of pyridine rings is 1. The fraction of sp³-hybridized carbons (Fsp3) is 0.0714. The van der Waals surface area contributed by atoms with Gasteiger partial charge in [-0.1, -0.05) is 6.07 Å². The lowest BCUT2D eigenvalue weighted by atomic mass is 10.1. The molecule has 0 bridgehead atoms. The molecular weight excluding hydrogens is 248 g/mol. The second kappa shape index (κ2) is 4.44. The lowest BCUT2D eigenvalue weighted by Gasteiger charge is -1.97. The highest BCUT2D eigenvalue weighted by atomic mass is 19.2. The van der Waals surface area contributed by atoms with Crippen molar-refractivity contribution >= 4 is 5.65 Å². The van der Waals surface area contributed by atoms with Crippen LogP contribution in [0, 0.1) is 11.6 Å². The number of imidazole rings is 1. The van der Waals surface area contributed by atoms with E-state index in [2.05, 4.69) is 4.98 Å². The second-order valence-electron chi connectivity index (χ2n) is 4.26. The molecule has 19 heavy (non-hydrogen) atoms. The molecule has 3 nitrogen and oxygen atoms in total. The minimum Gasteiger partial charge on any atom is -0.326 e. The number of rotatable bonds is 2. The molecule has 2 N–H and O–H groups in total. The van der Waals surface area contributed by atoms with Crippen LogP contribution < -0.4 is 5.73 Å². The van der Waals surface area contributed by atoms with E-state index in [1.54, 1.807) is 6.20 Å². The zero-order chi connectivity index (χ0) is 13.4. The van der Waals surface area contributed by atoms with Crippen LogP contribution in [0.2, 0.25) is 0 Å². The molecule has 2 aromatic heterocycles. The molecule has 0 saturated heterocycles. The van der Waals surface area contributed by atoms with Gasteiger partial charge >= 0.3 is 0 Å². The van der Waals surface area contributed by atoms with E-state index in [0.29, 0.717) is 17.8 Å². The van der Waals surface area contributed by atoms with E-state index in [9.17, 15) is 8.78 Å². The number of nitrogens with zero attached hydrogens (tertiary/aromatic N) is 2. The van der Waals surface area contributed by atoms with Crippen molar-refractivity contribution in [1.29, 1.82) is 0 Å². The average molecular weight is 259 g/mol. The Kier molecular flexibility index (Phi) is 2.76. The number of nitrogens with two attached hydrogens (primary N) is 1. The van der Waals surface area contributed by atoms with Gasteiger partial charge in [0.05, 0.1) is 5.69 Å². The van der Waals surface area contributed by atoms with Gasteiger partial charge in [-0.3, -0.25) is 0 Å². The van der Waals surface area contributed by atoms with Crippen LogP contribution in [-0.2, 0) is 6.54 Å². The molecule has 0 atom stereocenters. The minimum atomic E-state index is -0.878. The van der Waals surface area contributed by atoms with E-state index in [1.165, 1.54) is 6.07 Å². The van der Waals surface area contributed by atoms with Crippen molar-refractivity contribution < 1.29 is 8.78 Å². The molecule has 0 aliphatic carbocycles. The summed E-state index contributed by atoms with van der Waals surface area (Å²) in [6.45, 7) is 0.439. The molecule has 5 heteroatoms. The predicted molar refractivity (Wildman–Crippen MR) is 68.4 cm³/mol. The number of aromatic nitrogens is 2. The van der Waals surface area contributed by atoms with Gasteiger partial charge in [-0.25, -0.2) is 13.8 Å². The Bertz CT molecular complexity index is 750. The van der Waals surface area contributed by atoms with Gasteiger partial charge < -0.3 is 10.1 Å². The Morgan fingerprint density at radius 3 is 2.63 bits per heavy atom. The predicted octanol–water partition coefficient (Wildman–Crippen LogP) is 2.74. The Hall–Kier alpha value is -2.27. The third-order valence-corrected chi connectivity index (χ3v) is 2.96. The van der Waals surface area contributed by atoms with Crippen molar-refractivity contribution in [3.05, 3.63) is 59.9 Å². The molecule has 0 aliphatic heterocycles. The highest BCUT2D eigenvalue weighted by Gasteiger charge is 2.08. The maximum absolute atomic E-state index is 13.2. The van der Waals surface area contributed by atoms with Crippen LogP contribution in [0.1, 0.15) is 5.56 Å². The number of hydrogen-bond donors (Lipinski definition) is 1. The van der Waals surface area contributed by atoms with Gasteiger partial charge in [0.15, 0.2) is 11.6 Å². The number of hydrogen-bond acceptors (Lipinski definition) is 2. The number of halogens is 2.